The Labute approximate surface area is 120 Å². The summed E-state index contributed by atoms with van der Waals surface area (Å²) >= 11 is 0. The average molecular weight is 283 g/mol. The molecule has 0 bridgehead atoms. The van der Waals surface area contributed by atoms with Gasteiger partial charge in [-0.3, -0.25) is 0 Å². The van der Waals surface area contributed by atoms with Gasteiger partial charge in [0.05, 0.1) is 6.10 Å². The highest BCUT2D eigenvalue weighted by Gasteiger charge is 2.49. The molecule has 2 aliphatic rings. The van der Waals surface area contributed by atoms with Crippen molar-refractivity contribution in [2.45, 2.75) is 58.2 Å². The first-order valence-electron chi connectivity index (χ1n) is 7.40. The Bertz CT molecular complexity index is 380. The second-order valence-electron chi connectivity index (χ2n) is 7.07. The van der Waals surface area contributed by atoms with Crippen molar-refractivity contribution in [2.24, 2.45) is 11.3 Å². The molecular formula is C15H25NO4. The highest BCUT2D eigenvalue weighted by Crippen LogP contribution is 2.47. The van der Waals surface area contributed by atoms with E-state index in [-0.39, 0.29) is 18.1 Å². The predicted octanol–water partition coefficient (Wildman–Crippen LogP) is 1.97. The van der Waals surface area contributed by atoms with Crippen LogP contribution in [0.5, 0.6) is 0 Å². The molecule has 0 spiro atoms. The molecule has 114 valence electrons. The largest absolute Gasteiger partial charge is 0.444 e. The Morgan fingerprint density at radius 3 is 2.25 bits per heavy atom. The van der Waals surface area contributed by atoms with Crippen LogP contribution < -0.4 is 0 Å². The van der Waals surface area contributed by atoms with Crippen molar-refractivity contribution in [3.63, 3.8) is 0 Å². The Kier molecular flexibility index (Phi) is 4.09. The van der Waals surface area contributed by atoms with Crippen molar-refractivity contribution in [1.82, 2.24) is 4.90 Å². The number of rotatable bonds is 2. The van der Waals surface area contributed by atoms with E-state index in [2.05, 4.69) is 0 Å². The minimum Gasteiger partial charge on any atom is -0.444 e. The van der Waals surface area contributed by atoms with E-state index in [1.807, 2.05) is 20.8 Å². The van der Waals surface area contributed by atoms with Crippen LogP contribution in [-0.2, 0) is 9.53 Å². The lowest BCUT2D eigenvalue weighted by atomic mass is 9.60. The third-order valence-corrected chi connectivity index (χ3v) is 4.56. The molecule has 2 rings (SSSR count). The van der Waals surface area contributed by atoms with E-state index < -0.39 is 11.0 Å². The van der Waals surface area contributed by atoms with Gasteiger partial charge in [0.25, 0.3) is 0 Å². The zero-order valence-corrected chi connectivity index (χ0v) is 12.6. The van der Waals surface area contributed by atoms with Crippen molar-refractivity contribution in [3.8, 4) is 0 Å². The standard InChI is InChI=1S/C15H25NO4/c1-14(2,3)20-13(19)16-8-6-15(10-17,7-9-16)11-4-5-12(11)18/h10-12,18H,4-9H2,1-3H3. The number of carbonyl (C=O) groups excluding carboxylic acids is 2. The summed E-state index contributed by atoms with van der Waals surface area (Å²) in [5.41, 5.74) is -0.948. The number of aldehydes is 1. The maximum Gasteiger partial charge on any atom is 0.410 e. The molecule has 1 heterocycles. The van der Waals surface area contributed by atoms with Crippen LogP contribution in [0.3, 0.4) is 0 Å². The summed E-state index contributed by atoms with van der Waals surface area (Å²) < 4.78 is 5.35. The first kappa shape index (κ1) is 15.3. The molecule has 0 radical (unpaired) electrons. The normalized spacial score (nSPS) is 29.5. The first-order chi connectivity index (χ1) is 9.27. The number of aliphatic hydroxyl groups excluding tert-OH is 1. The fraction of sp³-hybridized carbons (Fsp3) is 0.867. The highest BCUT2D eigenvalue weighted by atomic mass is 16.6. The van der Waals surface area contributed by atoms with Crippen LogP contribution in [0.2, 0.25) is 0 Å². The fourth-order valence-corrected chi connectivity index (χ4v) is 3.16. The molecule has 1 saturated carbocycles. The van der Waals surface area contributed by atoms with Gasteiger partial charge in [0.15, 0.2) is 0 Å². The maximum absolute atomic E-state index is 12.0. The SMILES string of the molecule is CC(C)(C)OC(=O)N1CCC(C=O)(C2CCC2O)CC1. The van der Waals surface area contributed by atoms with Crippen molar-refractivity contribution >= 4 is 12.4 Å². The van der Waals surface area contributed by atoms with E-state index in [1.54, 1.807) is 4.90 Å². The van der Waals surface area contributed by atoms with Gasteiger partial charge in [-0.1, -0.05) is 0 Å². The molecule has 5 heteroatoms. The molecule has 2 fully saturated rings. The topological polar surface area (TPSA) is 66.8 Å². The highest BCUT2D eigenvalue weighted by molar-refractivity contribution is 5.69. The lowest BCUT2D eigenvalue weighted by molar-refractivity contribution is -0.135. The van der Waals surface area contributed by atoms with E-state index in [9.17, 15) is 14.7 Å². The summed E-state index contributed by atoms with van der Waals surface area (Å²) in [7, 11) is 0. The number of amides is 1. The summed E-state index contributed by atoms with van der Waals surface area (Å²) in [4.78, 5) is 25.2. The van der Waals surface area contributed by atoms with Gasteiger partial charge in [0.1, 0.15) is 11.9 Å². The number of likely N-dealkylation sites (tertiary alicyclic amines) is 1. The van der Waals surface area contributed by atoms with Gasteiger partial charge in [-0.15, -0.1) is 0 Å². The molecule has 0 aromatic heterocycles. The van der Waals surface area contributed by atoms with Crippen LogP contribution in [0.1, 0.15) is 46.5 Å². The minimum absolute atomic E-state index is 0.0702. The fourth-order valence-electron chi connectivity index (χ4n) is 3.16. The summed E-state index contributed by atoms with van der Waals surface area (Å²) in [5.74, 6) is 0.0702. The van der Waals surface area contributed by atoms with Crippen molar-refractivity contribution in [2.75, 3.05) is 13.1 Å². The lowest BCUT2D eigenvalue weighted by Gasteiger charge is -2.49. The molecule has 1 N–H and O–H groups in total. The Morgan fingerprint density at radius 1 is 1.30 bits per heavy atom. The van der Waals surface area contributed by atoms with Gasteiger partial charge in [-0.05, 0) is 52.4 Å². The van der Waals surface area contributed by atoms with E-state index in [4.69, 9.17) is 4.74 Å². The lowest BCUT2D eigenvalue weighted by Crippen LogP contribution is -2.53. The molecule has 2 unspecified atom stereocenters. The van der Waals surface area contributed by atoms with Crippen molar-refractivity contribution < 1.29 is 19.4 Å². The van der Waals surface area contributed by atoms with Crippen LogP contribution in [0.25, 0.3) is 0 Å². The average Bonchev–Trinajstić information content (AvgIpc) is 2.35. The van der Waals surface area contributed by atoms with Crippen LogP contribution in [0.15, 0.2) is 0 Å². The zero-order chi connectivity index (χ0) is 15.0. The van der Waals surface area contributed by atoms with Crippen LogP contribution in [0.4, 0.5) is 4.79 Å². The van der Waals surface area contributed by atoms with Crippen LogP contribution in [-0.4, -0.2) is 47.2 Å². The molecule has 0 aromatic rings. The molecule has 1 amide bonds. The van der Waals surface area contributed by atoms with Gasteiger partial charge in [0.2, 0.25) is 0 Å². The summed E-state index contributed by atoms with van der Waals surface area (Å²) in [6.45, 7) is 6.58. The second-order valence-corrected chi connectivity index (χ2v) is 7.07. The molecular weight excluding hydrogens is 258 g/mol. The minimum atomic E-state index is -0.500. The smallest absolute Gasteiger partial charge is 0.410 e. The molecule has 2 atom stereocenters. The number of carbonyl (C=O) groups is 2. The first-order valence-corrected chi connectivity index (χ1v) is 7.40. The van der Waals surface area contributed by atoms with E-state index in [1.165, 1.54) is 0 Å². The molecule has 20 heavy (non-hydrogen) atoms. The number of nitrogens with zero attached hydrogens (tertiary/aromatic N) is 1. The van der Waals surface area contributed by atoms with Crippen molar-refractivity contribution in [3.05, 3.63) is 0 Å². The summed E-state index contributed by atoms with van der Waals surface area (Å²) in [5, 5.41) is 9.82. The van der Waals surface area contributed by atoms with Gasteiger partial charge in [-0.2, -0.15) is 0 Å². The Morgan fingerprint density at radius 2 is 1.90 bits per heavy atom. The molecule has 0 aromatic carbocycles. The quantitative estimate of drug-likeness (QED) is 0.787. The number of ether oxygens (including phenoxy) is 1. The maximum atomic E-state index is 12.0. The molecule has 1 aliphatic heterocycles. The van der Waals surface area contributed by atoms with Crippen LogP contribution >= 0.6 is 0 Å². The predicted molar refractivity (Wildman–Crippen MR) is 74.3 cm³/mol. The molecule has 1 aliphatic carbocycles. The van der Waals surface area contributed by atoms with Crippen molar-refractivity contribution in [1.29, 1.82) is 0 Å². The Balaban J connectivity index is 1.94. The summed E-state index contributed by atoms with van der Waals surface area (Å²) in [6, 6.07) is 0. The summed E-state index contributed by atoms with van der Waals surface area (Å²) in [6.07, 6.45) is 3.28. The van der Waals surface area contributed by atoms with Gasteiger partial charge >= 0.3 is 6.09 Å². The Hall–Kier alpha value is -1.10. The third kappa shape index (κ3) is 2.97. The molecule has 5 nitrogen and oxygen atoms in total. The number of aliphatic hydroxyl groups is 1. The van der Waals surface area contributed by atoms with E-state index in [0.717, 1.165) is 19.1 Å². The molecule has 1 saturated heterocycles. The number of piperidine rings is 1. The van der Waals surface area contributed by atoms with Crippen LogP contribution in [0, 0.1) is 11.3 Å². The number of hydrogen-bond acceptors (Lipinski definition) is 4. The van der Waals surface area contributed by atoms with Gasteiger partial charge < -0.3 is 19.5 Å². The number of hydrogen-bond donors (Lipinski definition) is 1. The second kappa shape index (κ2) is 5.35. The third-order valence-electron chi connectivity index (χ3n) is 4.56. The zero-order valence-electron chi connectivity index (χ0n) is 12.6. The van der Waals surface area contributed by atoms with Gasteiger partial charge in [0, 0.05) is 18.5 Å². The van der Waals surface area contributed by atoms with E-state index >= 15 is 0 Å². The van der Waals surface area contributed by atoms with Gasteiger partial charge in [-0.25, -0.2) is 4.79 Å². The monoisotopic (exact) mass is 283 g/mol. The van der Waals surface area contributed by atoms with E-state index in [0.29, 0.717) is 25.9 Å².